The summed E-state index contributed by atoms with van der Waals surface area (Å²) in [5, 5.41) is 0. The highest BCUT2D eigenvalue weighted by Crippen LogP contribution is 2.19. The maximum Gasteiger partial charge on any atom is 0.108 e. The molecule has 2 unspecified atom stereocenters. The van der Waals surface area contributed by atoms with E-state index >= 15 is 0 Å². The Hall–Kier alpha value is -0.520. The summed E-state index contributed by atoms with van der Waals surface area (Å²) in [5.74, 6) is 5.66. The zero-order valence-corrected chi connectivity index (χ0v) is 6.97. The van der Waals surface area contributed by atoms with Gasteiger partial charge in [0.1, 0.15) is 6.61 Å². The maximum absolute atomic E-state index is 5.79. The zero-order valence-electron chi connectivity index (χ0n) is 6.97. The molecule has 62 valence electrons. The van der Waals surface area contributed by atoms with Gasteiger partial charge in [-0.05, 0) is 26.2 Å². The van der Waals surface area contributed by atoms with Gasteiger partial charge in [-0.25, -0.2) is 0 Å². The van der Waals surface area contributed by atoms with Crippen LogP contribution in [0.2, 0.25) is 0 Å². The number of hydrogen-bond donors (Lipinski definition) is 1. The van der Waals surface area contributed by atoms with E-state index in [-0.39, 0.29) is 12.1 Å². The highest BCUT2D eigenvalue weighted by Gasteiger charge is 2.23. The second-order valence-corrected chi connectivity index (χ2v) is 2.87. The highest BCUT2D eigenvalue weighted by atomic mass is 16.5. The number of ether oxygens (including phenoxy) is 1. The first-order valence-electron chi connectivity index (χ1n) is 4.11. The first-order valence-corrected chi connectivity index (χ1v) is 4.11. The number of hydrogen-bond acceptors (Lipinski definition) is 2. The summed E-state index contributed by atoms with van der Waals surface area (Å²) >= 11 is 0. The van der Waals surface area contributed by atoms with Crippen LogP contribution in [0.4, 0.5) is 0 Å². The fourth-order valence-electron chi connectivity index (χ4n) is 1.38. The van der Waals surface area contributed by atoms with Crippen molar-refractivity contribution in [2.75, 3.05) is 6.61 Å². The molecule has 0 radical (unpaired) electrons. The van der Waals surface area contributed by atoms with E-state index in [0.717, 1.165) is 12.8 Å². The zero-order chi connectivity index (χ0) is 8.10. The molecule has 1 saturated carbocycles. The van der Waals surface area contributed by atoms with Crippen LogP contribution in [0, 0.1) is 11.8 Å². The molecule has 1 rings (SSSR count). The molecule has 2 heteroatoms. The van der Waals surface area contributed by atoms with Gasteiger partial charge in [-0.1, -0.05) is 5.92 Å². The van der Waals surface area contributed by atoms with Gasteiger partial charge in [-0.2, -0.15) is 0 Å². The number of nitrogens with two attached hydrogens (primary N) is 1. The summed E-state index contributed by atoms with van der Waals surface area (Å²) in [7, 11) is 0. The quantitative estimate of drug-likeness (QED) is 0.598. The molecule has 1 fully saturated rings. The predicted molar refractivity (Wildman–Crippen MR) is 45.0 cm³/mol. The van der Waals surface area contributed by atoms with Crippen LogP contribution in [0.5, 0.6) is 0 Å². The van der Waals surface area contributed by atoms with E-state index in [1.807, 2.05) is 6.92 Å². The molecule has 0 heterocycles. The van der Waals surface area contributed by atoms with Crippen LogP contribution in [0.1, 0.15) is 26.2 Å². The predicted octanol–water partition coefficient (Wildman–Crippen LogP) is 0.906. The van der Waals surface area contributed by atoms with Crippen LogP contribution < -0.4 is 5.73 Å². The van der Waals surface area contributed by atoms with Crippen molar-refractivity contribution < 1.29 is 4.74 Å². The lowest BCUT2D eigenvalue weighted by Crippen LogP contribution is -2.31. The van der Waals surface area contributed by atoms with Crippen molar-refractivity contribution in [2.24, 2.45) is 5.73 Å². The van der Waals surface area contributed by atoms with E-state index in [0.29, 0.717) is 6.61 Å². The minimum Gasteiger partial charge on any atom is -0.364 e. The Morgan fingerprint density at radius 3 is 2.91 bits per heavy atom. The lowest BCUT2D eigenvalue weighted by atomic mass is 10.2. The normalized spacial score (nSPS) is 29.6. The van der Waals surface area contributed by atoms with Crippen molar-refractivity contribution in [1.82, 2.24) is 0 Å². The third kappa shape index (κ3) is 2.53. The maximum atomic E-state index is 5.79. The molecule has 2 atom stereocenters. The Kier molecular flexibility index (Phi) is 3.41. The first kappa shape index (κ1) is 8.58. The third-order valence-corrected chi connectivity index (χ3v) is 2.05. The smallest absolute Gasteiger partial charge is 0.108 e. The molecule has 0 aromatic heterocycles. The molecule has 2 nitrogen and oxygen atoms in total. The van der Waals surface area contributed by atoms with Gasteiger partial charge in [-0.15, -0.1) is 5.92 Å². The molecule has 0 aliphatic heterocycles. The van der Waals surface area contributed by atoms with Gasteiger partial charge in [0, 0.05) is 6.04 Å². The van der Waals surface area contributed by atoms with Gasteiger partial charge in [0.15, 0.2) is 0 Å². The Morgan fingerprint density at radius 2 is 2.36 bits per heavy atom. The van der Waals surface area contributed by atoms with Gasteiger partial charge in [0.2, 0.25) is 0 Å². The molecule has 0 aromatic carbocycles. The van der Waals surface area contributed by atoms with E-state index in [4.69, 9.17) is 10.5 Å². The average molecular weight is 153 g/mol. The van der Waals surface area contributed by atoms with Gasteiger partial charge in [0.05, 0.1) is 6.10 Å². The molecule has 0 aromatic rings. The van der Waals surface area contributed by atoms with Gasteiger partial charge in [-0.3, -0.25) is 0 Å². The van der Waals surface area contributed by atoms with E-state index in [1.165, 1.54) is 6.42 Å². The second-order valence-electron chi connectivity index (χ2n) is 2.87. The van der Waals surface area contributed by atoms with Crippen LogP contribution in [0.15, 0.2) is 0 Å². The van der Waals surface area contributed by atoms with Crippen molar-refractivity contribution >= 4 is 0 Å². The van der Waals surface area contributed by atoms with E-state index in [2.05, 4.69) is 11.8 Å². The Morgan fingerprint density at radius 1 is 1.55 bits per heavy atom. The molecule has 0 bridgehead atoms. The topological polar surface area (TPSA) is 35.2 Å². The minimum absolute atomic E-state index is 0.244. The fraction of sp³-hybridized carbons (Fsp3) is 0.778. The molecule has 2 N–H and O–H groups in total. The summed E-state index contributed by atoms with van der Waals surface area (Å²) in [6.45, 7) is 2.35. The molecule has 1 aliphatic carbocycles. The molecular formula is C9H15NO. The second kappa shape index (κ2) is 4.38. The van der Waals surface area contributed by atoms with Crippen LogP contribution >= 0.6 is 0 Å². The molecule has 1 aliphatic rings. The Labute approximate surface area is 68.1 Å². The summed E-state index contributed by atoms with van der Waals surface area (Å²) in [4.78, 5) is 0. The summed E-state index contributed by atoms with van der Waals surface area (Å²) < 4.78 is 5.46. The monoisotopic (exact) mass is 153 g/mol. The Balaban J connectivity index is 2.18. The highest BCUT2D eigenvalue weighted by molar-refractivity contribution is 4.95. The van der Waals surface area contributed by atoms with Gasteiger partial charge < -0.3 is 10.5 Å². The van der Waals surface area contributed by atoms with Crippen LogP contribution in [0.3, 0.4) is 0 Å². The van der Waals surface area contributed by atoms with Crippen LogP contribution in [0.25, 0.3) is 0 Å². The Bertz CT molecular complexity index is 168. The summed E-state index contributed by atoms with van der Waals surface area (Å²) in [6, 6.07) is 0.244. The van der Waals surface area contributed by atoms with Crippen molar-refractivity contribution in [2.45, 2.75) is 38.3 Å². The minimum atomic E-state index is 0.244. The molecule has 0 saturated heterocycles. The first-order chi connectivity index (χ1) is 5.34. The van der Waals surface area contributed by atoms with Gasteiger partial charge in [0.25, 0.3) is 0 Å². The van der Waals surface area contributed by atoms with E-state index < -0.39 is 0 Å². The van der Waals surface area contributed by atoms with E-state index in [9.17, 15) is 0 Å². The standard InChI is InChI=1S/C9H15NO/c1-2-3-7-11-9-6-4-5-8(9)10/h8-9H,4-7,10H2,1H3. The van der Waals surface area contributed by atoms with Crippen molar-refractivity contribution in [3.63, 3.8) is 0 Å². The van der Waals surface area contributed by atoms with Crippen molar-refractivity contribution in [1.29, 1.82) is 0 Å². The molecule has 11 heavy (non-hydrogen) atoms. The summed E-state index contributed by atoms with van der Waals surface area (Å²) in [5.41, 5.74) is 5.79. The number of rotatable bonds is 2. The fourth-order valence-corrected chi connectivity index (χ4v) is 1.38. The van der Waals surface area contributed by atoms with Crippen molar-refractivity contribution in [3.05, 3.63) is 0 Å². The SMILES string of the molecule is CC#CCOC1CCCC1N. The molecular weight excluding hydrogens is 138 g/mol. The molecule has 0 spiro atoms. The lowest BCUT2D eigenvalue weighted by molar-refractivity contribution is 0.0721. The van der Waals surface area contributed by atoms with Gasteiger partial charge >= 0.3 is 0 Å². The van der Waals surface area contributed by atoms with Crippen LogP contribution in [-0.4, -0.2) is 18.8 Å². The van der Waals surface area contributed by atoms with Crippen molar-refractivity contribution in [3.8, 4) is 11.8 Å². The largest absolute Gasteiger partial charge is 0.364 e. The third-order valence-electron chi connectivity index (χ3n) is 2.05. The van der Waals surface area contributed by atoms with Crippen LogP contribution in [-0.2, 0) is 4.74 Å². The lowest BCUT2D eigenvalue weighted by Gasteiger charge is -2.13. The summed E-state index contributed by atoms with van der Waals surface area (Å²) in [6.07, 6.45) is 3.66. The average Bonchev–Trinajstić information content (AvgIpc) is 2.37. The van der Waals surface area contributed by atoms with E-state index in [1.54, 1.807) is 0 Å². The molecule has 0 amide bonds.